The summed E-state index contributed by atoms with van der Waals surface area (Å²) in [6, 6.07) is 4.98. The van der Waals surface area contributed by atoms with Crippen LogP contribution in [-0.2, 0) is 4.79 Å². The molecule has 9 heteroatoms. The Morgan fingerprint density at radius 1 is 1.44 bits per heavy atom. The quantitative estimate of drug-likeness (QED) is 0.752. The third kappa shape index (κ3) is 3.76. The van der Waals surface area contributed by atoms with E-state index in [1.54, 1.807) is 12.1 Å². The lowest BCUT2D eigenvalue weighted by atomic mass is 10.1. The van der Waals surface area contributed by atoms with Gasteiger partial charge in [-0.1, -0.05) is 18.6 Å². The minimum Gasteiger partial charge on any atom is -0.372 e. The monoisotopic (exact) mass is 343 g/mol. The maximum Gasteiger partial charge on any atom is 0.251 e. The molecule has 3 rings (SSSR count). The number of amides is 2. The van der Waals surface area contributed by atoms with E-state index >= 15 is 0 Å². The van der Waals surface area contributed by atoms with Crippen LogP contribution in [-0.4, -0.2) is 46.0 Å². The van der Waals surface area contributed by atoms with Gasteiger partial charge in [0.1, 0.15) is 0 Å². The predicted octanol–water partition coefficient (Wildman–Crippen LogP) is 1.25. The zero-order valence-electron chi connectivity index (χ0n) is 14.2. The molecule has 0 bridgehead atoms. The minimum absolute atomic E-state index is 0.0567. The fraction of sp³-hybridized carbons (Fsp3) is 0.438. The van der Waals surface area contributed by atoms with Gasteiger partial charge in [-0.2, -0.15) is 5.21 Å². The lowest BCUT2D eigenvalue weighted by molar-refractivity contribution is -0.115. The number of H-pyrrole nitrogens is 1. The number of hydrogen-bond acceptors (Lipinski definition) is 6. The number of benzene rings is 1. The number of carbonyl (C=O) groups is 2. The molecule has 0 saturated heterocycles. The molecule has 132 valence electrons. The summed E-state index contributed by atoms with van der Waals surface area (Å²) in [6.45, 7) is 2.66. The second kappa shape index (κ2) is 7.29. The first-order valence-corrected chi connectivity index (χ1v) is 8.27. The molecule has 1 unspecified atom stereocenters. The van der Waals surface area contributed by atoms with Crippen LogP contribution in [0.3, 0.4) is 0 Å². The highest BCUT2D eigenvalue weighted by Gasteiger charge is 2.21. The van der Waals surface area contributed by atoms with Crippen LogP contribution < -0.4 is 15.5 Å². The summed E-state index contributed by atoms with van der Waals surface area (Å²) in [5.74, 6) is 0.156. The molecule has 0 saturated carbocycles. The van der Waals surface area contributed by atoms with Crippen molar-refractivity contribution in [2.24, 2.45) is 0 Å². The van der Waals surface area contributed by atoms with Gasteiger partial charge in [-0.25, -0.2) is 0 Å². The van der Waals surface area contributed by atoms with Gasteiger partial charge < -0.3 is 15.5 Å². The van der Waals surface area contributed by atoms with Crippen molar-refractivity contribution < 1.29 is 9.59 Å². The molecule has 9 nitrogen and oxygen atoms in total. The van der Waals surface area contributed by atoms with Crippen LogP contribution in [0.5, 0.6) is 0 Å². The van der Waals surface area contributed by atoms with Gasteiger partial charge in [0.15, 0.2) is 5.82 Å². The largest absolute Gasteiger partial charge is 0.372 e. The number of hydrogen-bond donors (Lipinski definition) is 3. The number of anilines is 2. The van der Waals surface area contributed by atoms with E-state index in [1.165, 1.54) is 0 Å². The fourth-order valence-electron chi connectivity index (χ4n) is 2.83. The van der Waals surface area contributed by atoms with Gasteiger partial charge >= 0.3 is 0 Å². The first-order valence-electron chi connectivity index (χ1n) is 8.27. The van der Waals surface area contributed by atoms with Crippen molar-refractivity contribution in [1.82, 2.24) is 25.9 Å². The molecule has 2 aromatic rings. The average molecular weight is 343 g/mol. The lowest BCUT2D eigenvalue weighted by Gasteiger charge is -2.19. The first-order chi connectivity index (χ1) is 12.1. The van der Waals surface area contributed by atoms with Crippen molar-refractivity contribution in [1.29, 1.82) is 0 Å². The smallest absolute Gasteiger partial charge is 0.251 e. The summed E-state index contributed by atoms with van der Waals surface area (Å²) in [7, 11) is 1.92. The zero-order chi connectivity index (χ0) is 17.8. The zero-order valence-corrected chi connectivity index (χ0v) is 14.2. The molecule has 1 aromatic carbocycles. The summed E-state index contributed by atoms with van der Waals surface area (Å²) >= 11 is 0. The van der Waals surface area contributed by atoms with E-state index in [0.717, 1.165) is 12.1 Å². The van der Waals surface area contributed by atoms with Crippen molar-refractivity contribution in [3.63, 3.8) is 0 Å². The molecular formula is C16H21N7O2. The van der Waals surface area contributed by atoms with Crippen molar-refractivity contribution in [2.45, 2.75) is 32.2 Å². The molecule has 1 aliphatic heterocycles. The molecule has 0 fully saturated rings. The number of fused-ring (bicyclic) bond motifs is 1. The number of tetrazole rings is 1. The summed E-state index contributed by atoms with van der Waals surface area (Å²) in [5.41, 5.74) is 2.01. The maximum absolute atomic E-state index is 12.6. The maximum atomic E-state index is 12.6. The summed E-state index contributed by atoms with van der Waals surface area (Å²) < 4.78 is 0. The molecule has 1 aliphatic rings. The van der Waals surface area contributed by atoms with Crippen molar-refractivity contribution >= 4 is 23.2 Å². The molecule has 25 heavy (non-hydrogen) atoms. The Morgan fingerprint density at radius 2 is 2.28 bits per heavy atom. The van der Waals surface area contributed by atoms with Crippen LogP contribution in [0.15, 0.2) is 18.2 Å². The van der Waals surface area contributed by atoms with E-state index in [0.29, 0.717) is 36.5 Å². The topological polar surface area (TPSA) is 116 Å². The molecule has 3 N–H and O–H groups in total. The van der Waals surface area contributed by atoms with Crippen molar-refractivity contribution in [2.75, 3.05) is 23.8 Å². The molecule has 0 aliphatic carbocycles. The average Bonchev–Trinajstić information content (AvgIpc) is 3.09. The highest BCUT2D eigenvalue weighted by atomic mass is 16.2. The van der Waals surface area contributed by atoms with Gasteiger partial charge in [-0.3, -0.25) is 9.59 Å². The SMILES string of the molecule is CCCC(NC(=O)c1ccc2c(c1)NC(=O)CCN2C)c1nn[nH]n1. The Balaban J connectivity index is 1.81. The second-order valence-corrected chi connectivity index (χ2v) is 6.04. The number of aromatic nitrogens is 4. The van der Waals surface area contributed by atoms with Crippen LogP contribution in [0, 0.1) is 0 Å². The third-order valence-corrected chi connectivity index (χ3v) is 4.17. The molecular weight excluding hydrogens is 322 g/mol. The van der Waals surface area contributed by atoms with Crippen LogP contribution in [0.1, 0.15) is 48.4 Å². The first kappa shape index (κ1) is 16.9. The van der Waals surface area contributed by atoms with Crippen molar-refractivity contribution in [3.8, 4) is 0 Å². The molecule has 0 radical (unpaired) electrons. The number of nitrogens with one attached hydrogen (secondary N) is 3. The van der Waals surface area contributed by atoms with Crippen LogP contribution in [0.4, 0.5) is 11.4 Å². The molecule has 0 spiro atoms. The second-order valence-electron chi connectivity index (χ2n) is 6.04. The fourth-order valence-corrected chi connectivity index (χ4v) is 2.83. The van der Waals surface area contributed by atoms with Gasteiger partial charge in [0.25, 0.3) is 5.91 Å². The predicted molar refractivity (Wildman–Crippen MR) is 92.3 cm³/mol. The Labute approximate surface area is 145 Å². The van der Waals surface area contributed by atoms with Gasteiger partial charge in [-0.05, 0) is 24.6 Å². The highest BCUT2D eigenvalue weighted by Crippen LogP contribution is 2.29. The summed E-state index contributed by atoms with van der Waals surface area (Å²) in [4.78, 5) is 26.5. The van der Waals surface area contributed by atoms with Gasteiger partial charge in [0.05, 0.1) is 17.4 Å². The number of nitrogens with zero attached hydrogens (tertiary/aromatic N) is 4. The van der Waals surface area contributed by atoms with E-state index < -0.39 is 0 Å². The third-order valence-electron chi connectivity index (χ3n) is 4.17. The van der Waals surface area contributed by atoms with Gasteiger partial charge in [0.2, 0.25) is 5.91 Å². The Kier molecular flexibility index (Phi) is 4.92. The molecule has 1 aromatic heterocycles. The van der Waals surface area contributed by atoms with E-state index in [4.69, 9.17) is 0 Å². The van der Waals surface area contributed by atoms with Gasteiger partial charge in [0, 0.05) is 25.6 Å². The van der Waals surface area contributed by atoms with Crippen molar-refractivity contribution in [3.05, 3.63) is 29.6 Å². The van der Waals surface area contributed by atoms with Crippen LogP contribution in [0.25, 0.3) is 0 Å². The Bertz CT molecular complexity index is 760. The number of aromatic amines is 1. The Morgan fingerprint density at radius 3 is 3.00 bits per heavy atom. The van der Waals surface area contributed by atoms with Crippen LogP contribution in [0.2, 0.25) is 0 Å². The Hall–Kier alpha value is -2.97. The lowest BCUT2D eigenvalue weighted by Crippen LogP contribution is -2.29. The van der Waals surface area contributed by atoms with E-state index in [-0.39, 0.29) is 17.9 Å². The van der Waals surface area contributed by atoms with E-state index in [9.17, 15) is 9.59 Å². The standard InChI is InChI=1S/C16H21N7O2/c1-3-4-11(15-19-21-22-20-15)18-16(25)10-5-6-13-12(9-10)17-14(24)7-8-23(13)2/h5-6,9,11H,3-4,7-8H2,1-2H3,(H,17,24)(H,18,25)(H,19,20,21,22). The number of rotatable bonds is 5. The number of carbonyl (C=O) groups excluding carboxylic acids is 2. The highest BCUT2D eigenvalue weighted by molar-refractivity contribution is 6.01. The van der Waals surface area contributed by atoms with E-state index in [2.05, 4.69) is 31.3 Å². The molecule has 2 heterocycles. The molecule has 2 amide bonds. The minimum atomic E-state index is -0.313. The summed E-state index contributed by atoms with van der Waals surface area (Å²) in [6.07, 6.45) is 1.99. The molecule has 1 atom stereocenters. The van der Waals surface area contributed by atoms with E-state index in [1.807, 2.05) is 24.9 Å². The normalized spacial score (nSPS) is 15.1. The van der Waals surface area contributed by atoms with Gasteiger partial charge in [-0.15, -0.1) is 10.2 Å². The summed E-state index contributed by atoms with van der Waals surface area (Å²) in [5, 5.41) is 19.7. The van der Waals surface area contributed by atoms with Crippen LogP contribution >= 0.6 is 0 Å².